The number of nitrogens with zero attached hydrogens (tertiary/aromatic N) is 1. The highest BCUT2D eigenvalue weighted by Crippen LogP contribution is 2.29. The van der Waals surface area contributed by atoms with E-state index in [0.29, 0.717) is 18.5 Å². The highest BCUT2D eigenvalue weighted by molar-refractivity contribution is 6.39. The number of hydrogen-bond donors (Lipinski definition) is 2. The molecule has 154 valence electrons. The minimum absolute atomic E-state index is 0.139. The average molecular weight is 399 g/mol. The van der Waals surface area contributed by atoms with Crippen LogP contribution < -0.4 is 10.6 Å². The fourth-order valence-corrected chi connectivity index (χ4v) is 3.58. The number of hydrogen-bond acceptors (Lipinski definition) is 4. The first-order chi connectivity index (χ1) is 13.3. The molecule has 2 aliphatic heterocycles. The Morgan fingerprint density at radius 1 is 1.07 bits per heavy atom. The number of carbonyl (C=O) groups excluding carboxylic acids is 2. The van der Waals surface area contributed by atoms with Crippen molar-refractivity contribution < 1.29 is 27.5 Å². The number of piperidine rings is 1. The number of alkyl halides is 3. The minimum atomic E-state index is -4.44. The lowest BCUT2D eigenvalue weighted by molar-refractivity contribution is -0.137. The van der Waals surface area contributed by atoms with E-state index in [9.17, 15) is 22.8 Å². The summed E-state index contributed by atoms with van der Waals surface area (Å²) in [7, 11) is 0. The Balaban J connectivity index is 1.39. The van der Waals surface area contributed by atoms with Gasteiger partial charge in [-0.1, -0.05) is 0 Å². The Hall–Kier alpha value is -2.13. The number of ether oxygens (including phenoxy) is 1. The van der Waals surface area contributed by atoms with E-state index < -0.39 is 23.6 Å². The maximum absolute atomic E-state index is 12.5. The van der Waals surface area contributed by atoms with Crippen molar-refractivity contribution in [2.24, 2.45) is 5.92 Å². The van der Waals surface area contributed by atoms with Crippen LogP contribution in [-0.2, 0) is 20.5 Å². The maximum atomic E-state index is 12.5. The van der Waals surface area contributed by atoms with Crippen LogP contribution in [0.4, 0.5) is 18.9 Å². The molecule has 0 saturated carbocycles. The third kappa shape index (κ3) is 5.45. The number of amides is 2. The first-order valence-corrected chi connectivity index (χ1v) is 9.41. The van der Waals surface area contributed by atoms with Crippen molar-refractivity contribution in [3.63, 3.8) is 0 Å². The quantitative estimate of drug-likeness (QED) is 0.762. The number of likely N-dealkylation sites (tertiary alicyclic amines) is 1. The zero-order chi connectivity index (χ0) is 20.1. The molecule has 0 radical (unpaired) electrons. The van der Waals surface area contributed by atoms with Crippen LogP contribution in [0.5, 0.6) is 0 Å². The Morgan fingerprint density at radius 3 is 2.32 bits per heavy atom. The molecule has 2 saturated heterocycles. The molecule has 1 aromatic rings. The number of carbonyl (C=O) groups is 2. The molecule has 6 nitrogen and oxygen atoms in total. The summed E-state index contributed by atoms with van der Waals surface area (Å²) >= 11 is 0. The topological polar surface area (TPSA) is 70.7 Å². The monoisotopic (exact) mass is 399 g/mol. The van der Waals surface area contributed by atoms with Crippen molar-refractivity contribution in [1.29, 1.82) is 0 Å². The van der Waals surface area contributed by atoms with Crippen LogP contribution in [0.3, 0.4) is 0 Å². The molecule has 2 fully saturated rings. The van der Waals surface area contributed by atoms with Crippen LogP contribution in [0.15, 0.2) is 24.3 Å². The van der Waals surface area contributed by atoms with Gasteiger partial charge in [-0.3, -0.25) is 14.5 Å². The number of anilines is 1. The molecule has 0 bridgehead atoms. The summed E-state index contributed by atoms with van der Waals surface area (Å²) in [5, 5.41) is 4.93. The third-order valence-electron chi connectivity index (χ3n) is 5.30. The summed E-state index contributed by atoms with van der Waals surface area (Å²) in [6.07, 6.45) is -1.50. The highest BCUT2D eigenvalue weighted by Gasteiger charge is 2.30. The zero-order valence-electron chi connectivity index (χ0n) is 15.4. The van der Waals surface area contributed by atoms with Crippen molar-refractivity contribution in [1.82, 2.24) is 10.2 Å². The second-order valence-electron chi connectivity index (χ2n) is 7.24. The van der Waals surface area contributed by atoms with Gasteiger partial charge in [0.15, 0.2) is 0 Å². The van der Waals surface area contributed by atoms with Crippen LogP contribution in [0.25, 0.3) is 0 Å². The van der Waals surface area contributed by atoms with Crippen molar-refractivity contribution >= 4 is 17.5 Å². The normalized spacial score (nSPS) is 21.5. The largest absolute Gasteiger partial charge is 0.416 e. The van der Waals surface area contributed by atoms with E-state index in [1.165, 1.54) is 0 Å². The van der Waals surface area contributed by atoms with Crippen molar-refractivity contribution in [2.75, 3.05) is 38.2 Å². The van der Waals surface area contributed by atoms with Gasteiger partial charge in [0.25, 0.3) is 0 Å². The smallest absolute Gasteiger partial charge is 0.380 e. The molecule has 28 heavy (non-hydrogen) atoms. The van der Waals surface area contributed by atoms with Gasteiger partial charge >= 0.3 is 18.0 Å². The molecular weight excluding hydrogens is 375 g/mol. The van der Waals surface area contributed by atoms with E-state index in [2.05, 4.69) is 15.5 Å². The lowest BCUT2D eigenvalue weighted by Crippen LogP contribution is -2.45. The van der Waals surface area contributed by atoms with E-state index in [1.807, 2.05) is 0 Å². The van der Waals surface area contributed by atoms with Crippen LogP contribution in [0.2, 0.25) is 0 Å². The van der Waals surface area contributed by atoms with Gasteiger partial charge in [0, 0.05) is 24.9 Å². The van der Waals surface area contributed by atoms with E-state index in [-0.39, 0.29) is 5.69 Å². The lowest BCUT2D eigenvalue weighted by Gasteiger charge is -2.35. The molecule has 2 heterocycles. The molecular formula is C19H24F3N3O3. The average Bonchev–Trinajstić information content (AvgIpc) is 3.21. The van der Waals surface area contributed by atoms with Gasteiger partial charge in [-0.25, -0.2) is 0 Å². The number of halogens is 3. The summed E-state index contributed by atoms with van der Waals surface area (Å²) in [6, 6.07) is 4.45. The van der Waals surface area contributed by atoms with Crippen LogP contribution in [-0.4, -0.2) is 55.6 Å². The Morgan fingerprint density at radius 2 is 1.75 bits per heavy atom. The Labute approximate surface area is 161 Å². The first-order valence-electron chi connectivity index (χ1n) is 9.41. The van der Waals surface area contributed by atoms with E-state index in [4.69, 9.17) is 4.74 Å². The minimum Gasteiger partial charge on any atom is -0.380 e. The fourth-order valence-electron chi connectivity index (χ4n) is 3.58. The third-order valence-corrected chi connectivity index (χ3v) is 5.30. The van der Waals surface area contributed by atoms with E-state index in [1.54, 1.807) is 0 Å². The van der Waals surface area contributed by atoms with E-state index in [0.717, 1.165) is 69.8 Å². The molecule has 0 spiro atoms. The summed E-state index contributed by atoms with van der Waals surface area (Å²) in [6.45, 7) is 3.91. The molecule has 2 amide bonds. The number of rotatable bonds is 4. The number of benzene rings is 1. The highest BCUT2D eigenvalue weighted by atomic mass is 19.4. The predicted octanol–water partition coefficient (Wildman–Crippen LogP) is 2.26. The van der Waals surface area contributed by atoms with Gasteiger partial charge in [0.1, 0.15) is 0 Å². The second-order valence-corrected chi connectivity index (χ2v) is 7.24. The van der Waals surface area contributed by atoms with Crippen molar-refractivity contribution in [3.8, 4) is 0 Å². The molecule has 0 aliphatic carbocycles. The maximum Gasteiger partial charge on any atom is 0.416 e. The number of nitrogens with one attached hydrogen (secondary N) is 2. The van der Waals surface area contributed by atoms with Crippen LogP contribution in [0, 0.1) is 5.92 Å². The van der Waals surface area contributed by atoms with Crippen LogP contribution in [0.1, 0.15) is 24.8 Å². The molecule has 9 heteroatoms. The van der Waals surface area contributed by atoms with Gasteiger partial charge < -0.3 is 15.4 Å². The summed E-state index contributed by atoms with van der Waals surface area (Å²) in [4.78, 5) is 26.3. The van der Waals surface area contributed by atoms with Crippen molar-refractivity contribution in [2.45, 2.75) is 31.5 Å². The second kappa shape index (κ2) is 8.91. The zero-order valence-corrected chi connectivity index (χ0v) is 15.4. The molecule has 0 aromatic heterocycles. The fraction of sp³-hybridized carbons (Fsp3) is 0.579. The van der Waals surface area contributed by atoms with E-state index >= 15 is 0 Å². The Bertz CT molecular complexity index is 680. The van der Waals surface area contributed by atoms with Gasteiger partial charge in [0.2, 0.25) is 0 Å². The van der Waals surface area contributed by atoms with Gasteiger partial charge in [0.05, 0.1) is 12.2 Å². The van der Waals surface area contributed by atoms with Gasteiger partial charge in [-0.2, -0.15) is 13.2 Å². The molecule has 0 unspecified atom stereocenters. The van der Waals surface area contributed by atoms with Crippen molar-refractivity contribution in [3.05, 3.63) is 29.8 Å². The summed E-state index contributed by atoms with van der Waals surface area (Å²) in [5.74, 6) is -1.37. The Kier molecular flexibility index (Phi) is 6.56. The standard InChI is InChI=1S/C19H24F3N3O3/c20-19(21,22)14-1-3-15(4-2-14)24-18(27)17(26)23-11-13-5-8-25(9-6-13)16-7-10-28-12-16/h1-4,13,16H,5-12H2,(H,23,26)(H,24,27)/t16-/m0/s1. The molecule has 2 N–H and O–H groups in total. The van der Waals surface area contributed by atoms with Crippen LogP contribution >= 0.6 is 0 Å². The first kappa shape index (κ1) is 20.6. The molecule has 2 aliphatic rings. The molecule has 1 atom stereocenters. The summed E-state index contributed by atoms with van der Waals surface area (Å²) in [5.41, 5.74) is -0.675. The lowest BCUT2D eigenvalue weighted by atomic mass is 9.95. The van der Waals surface area contributed by atoms with Gasteiger partial charge in [-0.05, 0) is 62.5 Å². The SMILES string of the molecule is O=C(NCC1CCN([C@H]2CCOC2)CC1)C(=O)Nc1ccc(C(F)(F)F)cc1. The predicted molar refractivity (Wildman–Crippen MR) is 96.6 cm³/mol. The summed E-state index contributed by atoms with van der Waals surface area (Å²) < 4.78 is 43.0. The molecule has 3 rings (SSSR count). The van der Waals surface area contributed by atoms with Gasteiger partial charge in [-0.15, -0.1) is 0 Å². The molecule has 1 aromatic carbocycles.